The third kappa shape index (κ3) is 6.85. The Morgan fingerprint density at radius 3 is 2.41 bits per heavy atom. The fourth-order valence-corrected chi connectivity index (χ4v) is 3.29. The molecule has 2 rings (SSSR count). The Hall–Kier alpha value is -2.97. The first-order valence-electron chi connectivity index (χ1n) is 9.59. The Labute approximate surface area is 175 Å². The minimum Gasteiger partial charge on any atom is -0.489 e. The van der Waals surface area contributed by atoms with E-state index in [4.69, 9.17) is 9.47 Å². The van der Waals surface area contributed by atoms with Crippen molar-refractivity contribution in [1.29, 1.82) is 0 Å². The van der Waals surface area contributed by atoms with Crippen molar-refractivity contribution in [2.45, 2.75) is 32.3 Å². The molecule has 1 amide bonds. The van der Waals surface area contributed by atoms with E-state index in [0.717, 1.165) is 11.1 Å². The van der Waals surface area contributed by atoms with Crippen LogP contribution in [-0.4, -0.2) is 32.7 Å². The average molecular weight is 408 g/mol. The molecule has 0 bridgehead atoms. The van der Waals surface area contributed by atoms with Gasteiger partial charge in [0.2, 0.25) is 0 Å². The summed E-state index contributed by atoms with van der Waals surface area (Å²) < 4.78 is 11.1. The number of hydrogen-bond acceptors (Lipinski definition) is 3. The van der Waals surface area contributed by atoms with Gasteiger partial charge < -0.3 is 9.47 Å². The summed E-state index contributed by atoms with van der Waals surface area (Å²) in [6.45, 7) is 11.1. The van der Waals surface area contributed by atoms with E-state index in [2.05, 4.69) is 37.7 Å². The predicted molar refractivity (Wildman–Crippen MR) is 120 cm³/mol. The zero-order chi connectivity index (χ0) is 21.3. The van der Waals surface area contributed by atoms with Crippen LogP contribution in [0.2, 0.25) is 19.6 Å². The third-order valence-electron chi connectivity index (χ3n) is 4.08. The molecular weight excluding hydrogens is 378 g/mol. The molecule has 5 heteroatoms. The van der Waals surface area contributed by atoms with Gasteiger partial charge >= 0.3 is 6.09 Å². The lowest BCUT2D eigenvalue weighted by molar-refractivity contribution is 0.119. The SMILES string of the molecule is C=CCN(C(=O)OC)C(C#C[Si](C)(C)C)c1ccccc1OCc1ccccc1. The van der Waals surface area contributed by atoms with Crippen LogP contribution in [0.3, 0.4) is 0 Å². The highest BCUT2D eigenvalue weighted by Crippen LogP contribution is 2.30. The summed E-state index contributed by atoms with van der Waals surface area (Å²) in [5.74, 6) is 4.02. The van der Waals surface area contributed by atoms with Crippen molar-refractivity contribution in [3.63, 3.8) is 0 Å². The molecule has 1 atom stereocenters. The molecule has 29 heavy (non-hydrogen) atoms. The van der Waals surface area contributed by atoms with E-state index in [1.165, 1.54) is 7.11 Å². The molecule has 4 nitrogen and oxygen atoms in total. The predicted octanol–water partition coefficient (Wildman–Crippen LogP) is 5.44. The van der Waals surface area contributed by atoms with Crippen LogP contribution < -0.4 is 4.74 Å². The van der Waals surface area contributed by atoms with Crippen molar-refractivity contribution in [2.75, 3.05) is 13.7 Å². The number of carbonyl (C=O) groups excluding carboxylic acids is 1. The summed E-state index contributed by atoms with van der Waals surface area (Å²) in [7, 11) is -0.287. The molecule has 0 heterocycles. The second-order valence-electron chi connectivity index (χ2n) is 7.65. The van der Waals surface area contributed by atoms with Crippen LogP contribution in [0.5, 0.6) is 5.75 Å². The number of para-hydroxylation sites is 1. The van der Waals surface area contributed by atoms with E-state index in [-0.39, 0.29) is 0 Å². The maximum absolute atomic E-state index is 12.5. The minimum atomic E-state index is -1.66. The zero-order valence-corrected chi connectivity index (χ0v) is 18.6. The molecule has 0 saturated carbocycles. The molecule has 0 aliphatic rings. The van der Waals surface area contributed by atoms with Crippen LogP contribution in [0.25, 0.3) is 0 Å². The average Bonchev–Trinajstić information content (AvgIpc) is 2.71. The number of hydrogen-bond donors (Lipinski definition) is 0. The second kappa shape index (κ2) is 10.5. The molecule has 2 aromatic rings. The van der Waals surface area contributed by atoms with Crippen LogP contribution in [0.1, 0.15) is 17.2 Å². The van der Waals surface area contributed by atoms with Gasteiger partial charge in [-0.05, 0) is 11.6 Å². The fourth-order valence-electron chi connectivity index (χ4n) is 2.72. The number of amides is 1. The molecule has 0 spiro atoms. The van der Waals surface area contributed by atoms with E-state index in [1.807, 2.05) is 54.6 Å². The van der Waals surface area contributed by atoms with Gasteiger partial charge in [-0.15, -0.1) is 12.1 Å². The summed E-state index contributed by atoms with van der Waals surface area (Å²) >= 11 is 0. The lowest BCUT2D eigenvalue weighted by Crippen LogP contribution is -2.35. The third-order valence-corrected chi connectivity index (χ3v) is 4.98. The lowest BCUT2D eigenvalue weighted by atomic mass is 10.0. The van der Waals surface area contributed by atoms with Crippen LogP contribution in [-0.2, 0) is 11.3 Å². The normalized spacial score (nSPS) is 11.6. The monoisotopic (exact) mass is 407 g/mol. The topological polar surface area (TPSA) is 38.8 Å². The second-order valence-corrected chi connectivity index (χ2v) is 12.4. The minimum absolute atomic E-state index is 0.324. The van der Waals surface area contributed by atoms with Gasteiger partial charge in [-0.3, -0.25) is 4.90 Å². The molecule has 2 aromatic carbocycles. The van der Waals surface area contributed by atoms with Crippen LogP contribution in [0.4, 0.5) is 4.79 Å². The van der Waals surface area contributed by atoms with Crippen molar-refractivity contribution < 1.29 is 14.3 Å². The van der Waals surface area contributed by atoms with Crippen molar-refractivity contribution >= 4 is 14.2 Å². The van der Waals surface area contributed by atoms with Gasteiger partial charge in [-0.2, -0.15) is 0 Å². The number of rotatable bonds is 7. The molecule has 152 valence electrons. The first kappa shape index (κ1) is 22.3. The lowest BCUT2D eigenvalue weighted by Gasteiger charge is -2.28. The number of methoxy groups -OCH3 is 1. The summed E-state index contributed by atoms with van der Waals surface area (Å²) in [4.78, 5) is 14.1. The first-order chi connectivity index (χ1) is 13.9. The fraction of sp³-hybridized carbons (Fsp3) is 0.292. The van der Waals surface area contributed by atoms with Crippen LogP contribution in [0, 0.1) is 11.5 Å². The molecular formula is C24H29NO3Si. The van der Waals surface area contributed by atoms with Crippen LogP contribution >= 0.6 is 0 Å². The van der Waals surface area contributed by atoms with E-state index in [9.17, 15) is 4.79 Å². The van der Waals surface area contributed by atoms with Gasteiger partial charge in [0.25, 0.3) is 0 Å². The smallest absolute Gasteiger partial charge is 0.411 e. The summed E-state index contributed by atoms with van der Waals surface area (Å²) in [6.07, 6.45) is 1.23. The van der Waals surface area contributed by atoms with Gasteiger partial charge in [0.15, 0.2) is 0 Å². The number of benzene rings is 2. The van der Waals surface area contributed by atoms with Crippen molar-refractivity contribution in [1.82, 2.24) is 4.90 Å². The molecule has 0 N–H and O–H groups in total. The highest BCUT2D eigenvalue weighted by molar-refractivity contribution is 6.83. The van der Waals surface area contributed by atoms with Crippen LogP contribution in [0.15, 0.2) is 67.3 Å². The van der Waals surface area contributed by atoms with Gasteiger partial charge in [0.1, 0.15) is 26.5 Å². The molecule has 0 saturated heterocycles. The Balaban J connectivity index is 2.45. The van der Waals surface area contributed by atoms with E-state index >= 15 is 0 Å². The molecule has 0 radical (unpaired) electrons. The highest BCUT2D eigenvalue weighted by Gasteiger charge is 2.26. The van der Waals surface area contributed by atoms with E-state index < -0.39 is 20.2 Å². The van der Waals surface area contributed by atoms with Gasteiger partial charge in [0.05, 0.1) is 7.11 Å². The highest BCUT2D eigenvalue weighted by atomic mass is 28.3. The molecule has 0 aromatic heterocycles. The largest absolute Gasteiger partial charge is 0.489 e. The zero-order valence-electron chi connectivity index (χ0n) is 17.6. The van der Waals surface area contributed by atoms with Crippen molar-refractivity contribution in [2.24, 2.45) is 0 Å². The molecule has 0 aliphatic carbocycles. The quantitative estimate of drug-likeness (QED) is 0.348. The van der Waals surface area contributed by atoms with Gasteiger partial charge in [-0.25, -0.2) is 4.79 Å². The molecule has 0 fully saturated rings. The summed E-state index contributed by atoms with van der Waals surface area (Å²) in [6, 6.07) is 17.2. The molecule has 1 unspecified atom stereocenters. The van der Waals surface area contributed by atoms with Gasteiger partial charge in [0, 0.05) is 12.1 Å². The number of nitrogens with zero attached hydrogens (tertiary/aromatic N) is 1. The standard InChI is InChI=1S/C24H29NO3Si/c1-6-17-25(24(26)27-2)22(16-18-29(3,4)5)21-14-10-11-15-23(21)28-19-20-12-8-7-9-13-20/h6-15,22H,1,17,19H2,2-5H3. The Kier molecular flexibility index (Phi) is 8.11. The number of carbonyl (C=O) groups is 1. The number of ether oxygens (including phenoxy) is 2. The van der Waals surface area contributed by atoms with Gasteiger partial charge in [-0.1, -0.05) is 80.2 Å². The van der Waals surface area contributed by atoms with E-state index in [0.29, 0.717) is 18.9 Å². The Morgan fingerprint density at radius 2 is 1.79 bits per heavy atom. The summed E-state index contributed by atoms with van der Waals surface area (Å²) in [5.41, 5.74) is 5.30. The Bertz CT molecular complexity index is 878. The Morgan fingerprint density at radius 1 is 1.14 bits per heavy atom. The van der Waals surface area contributed by atoms with E-state index in [1.54, 1.807) is 11.0 Å². The maximum atomic E-state index is 12.5. The van der Waals surface area contributed by atoms with Crippen molar-refractivity contribution in [3.05, 3.63) is 78.4 Å². The maximum Gasteiger partial charge on any atom is 0.411 e. The van der Waals surface area contributed by atoms with Crippen molar-refractivity contribution in [3.8, 4) is 17.2 Å². The first-order valence-corrected chi connectivity index (χ1v) is 13.1. The molecule has 0 aliphatic heterocycles. The summed E-state index contributed by atoms with van der Waals surface area (Å²) in [5, 5.41) is 0.